The van der Waals surface area contributed by atoms with E-state index in [-0.39, 0.29) is 5.56 Å². The van der Waals surface area contributed by atoms with E-state index in [4.69, 9.17) is 10.8 Å². The number of carbonyl (C=O) groups is 2. The summed E-state index contributed by atoms with van der Waals surface area (Å²) in [5.74, 6) is -1.53. The number of nitrogens with two attached hydrogens (primary N) is 1. The number of carbonyl (C=O) groups excluding carboxylic acids is 1. The Morgan fingerprint density at radius 3 is 2.33 bits per heavy atom. The minimum Gasteiger partial charge on any atom is -0.478 e. The number of primary amides is 1. The molecule has 0 saturated carbocycles. The molecule has 1 amide bonds. The van der Waals surface area contributed by atoms with Gasteiger partial charge in [-0.15, -0.1) is 0 Å². The Morgan fingerprint density at radius 1 is 1.05 bits per heavy atom. The zero-order valence-electron chi connectivity index (χ0n) is 10.6. The molecule has 0 fully saturated rings. The molecule has 0 spiro atoms. The Kier molecular flexibility index (Phi) is 4.64. The highest BCUT2D eigenvalue weighted by molar-refractivity contribution is 9.11. The predicted octanol–water partition coefficient (Wildman–Crippen LogP) is 3.75. The molecule has 0 aliphatic heterocycles. The number of amides is 1. The van der Waals surface area contributed by atoms with Gasteiger partial charge in [-0.2, -0.15) is 0 Å². The summed E-state index contributed by atoms with van der Waals surface area (Å²) in [5.41, 5.74) is 7.05. The summed E-state index contributed by atoms with van der Waals surface area (Å²) in [7, 11) is 0. The fourth-order valence-corrected chi connectivity index (χ4v) is 2.59. The van der Waals surface area contributed by atoms with Crippen LogP contribution in [0.1, 0.15) is 20.7 Å². The molecule has 0 unspecified atom stereocenters. The van der Waals surface area contributed by atoms with Gasteiger partial charge >= 0.3 is 5.97 Å². The van der Waals surface area contributed by atoms with E-state index in [0.29, 0.717) is 25.9 Å². The maximum absolute atomic E-state index is 11.1. The first-order valence-electron chi connectivity index (χ1n) is 5.77. The van der Waals surface area contributed by atoms with Crippen molar-refractivity contribution in [3.63, 3.8) is 0 Å². The number of carboxylic acids is 1. The van der Waals surface area contributed by atoms with Gasteiger partial charge in [-0.05, 0) is 68.3 Å². The standard InChI is InChI=1S/C14H10Br2N2O3/c15-10-3-2-8(6-9(10)14(20)21)18-12-4-1-7(13(17)19)5-11(12)16/h1-6,18H,(H2,17,19)(H,20,21). The molecule has 2 rings (SSSR count). The minimum absolute atomic E-state index is 0.157. The second-order valence-corrected chi connectivity index (χ2v) is 5.89. The van der Waals surface area contributed by atoms with Gasteiger partial charge in [0.25, 0.3) is 0 Å². The topological polar surface area (TPSA) is 92.4 Å². The summed E-state index contributed by atoms with van der Waals surface area (Å²) in [6.45, 7) is 0. The summed E-state index contributed by atoms with van der Waals surface area (Å²) in [5, 5.41) is 12.2. The monoisotopic (exact) mass is 412 g/mol. The fraction of sp³-hybridized carbons (Fsp3) is 0. The fourth-order valence-electron chi connectivity index (χ4n) is 1.69. The molecule has 0 aliphatic rings. The summed E-state index contributed by atoms with van der Waals surface area (Å²) < 4.78 is 1.15. The van der Waals surface area contributed by atoms with Crippen LogP contribution in [-0.2, 0) is 0 Å². The van der Waals surface area contributed by atoms with E-state index in [1.54, 1.807) is 30.3 Å². The lowest BCUT2D eigenvalue weighted by molar-refractivity contribution is 0.0695. The van der Waals surface area contributed by atoms with Crippen LogP contribution >= 0.6 is 31.9 Å². The zero-order valence-corrected chi connectivity index (χ0v) is 13.7. The lowest BCUT2D eigenvalue weighted by atomic mass is 10.1. The SMILES string of the molecule is NC(=O)c1ccc(Nc2ccc(Br)c(C(=O)O)c2)c(Br)c1. The first-order valence-corrected chi connectivity index (χ1v) is 7.36. The van der Waals surface area contributed by atoms with E-state index >= 15 is 0 Å². The molecule has 2 aromatic carbocycles. The van der Waals surface area contributed by atoms with Crippen LogP contribution in [0.5, 0.6) is 0 Å². The van der Waals surface area contributed by atoms with Crippen LogP contribution in [0, 0.1) is 0 Å². The van der Waals surface area contributed by atoms with E-state index in [1.165, 1.54) is 6.07 Å². The smallest absolute Gasteiger partial charge is 0.336 e. The Balaban J connectivity index is 2.32. The third-order valence-electron chi connectivity index (χ3n) is 2.73. The first-order chi connectivity index (χ1) is 9.88. The van der Waals surface area contributed by atoms with E-state index in [2.05, 4.69) is 37.2 Å². The van der Waals surface area contributed by atoms with Crippen LogP contribution in [0.2, 0.25) is 0 Å². The second kappa shape index (κ2) is 6.28. The molecule has 0 saturated heterocycles. The van der Waals surface area contributed by atoms with E-state index in [9.17, 15) is 9.59 Å². The number of aromatic carboxylic acids is 1. The van der Waals surface area contributed by atoms with Crippen LogP contribution in [0.25, 0.3) is 0 Å². The van der Waals surface area contributed by atoms with Gasteiger partial charge in [0, 0.05) is 20.2 Å². The predicted molar refractivity (Wildman–Crippen MR) is 87.0 cm³/mol. The van der Waals surface area contributed by atoms with Gasteiger partial charge in [0.2, 0.25) is 5.91 Å². The van der Waals surface area contributed by atoms with Crippen molar-refractivity contribution < 1.29 is 14.7 Å². The molecule has 0 heterocycles. The van der Waals surface area contributed by atoms with Gasteiger partial charge in [0.15, 0.2) is 0 Å². The van der Waals surface area contributed by atoms with Crippen LogP contribution in [0.4, 0.5) is 11.4 Å². The number of anilines is 2. The van der Waals surface area contributed by atoms with Gasteiger partial charge < -0.3 is 16.2 Å². The quantitative estimate of drug-likeness (QED) is 0.711. The van der Waals surface area contributed by atoms with Gasteiger partial charge in [0.05, 0.1) is 11.3 Å². The molecule has 21 heavy (non-hydrogen) atoms. The highest BCUT2D eigenvalue weighted by Gasteiger charge is 2.10. The van der Waals surface area contributed by atoms with Crippen molar-refractivity contribution >= 4 is 55.1 Å². The van der Waals surface area contributed by atoms with Crippen LogP contribution in [0.15, 0.2) is 45.3 Å². The Labute approximate surface area is 137 Å². The molecular weight excluding hydrogens is 404 g/mol. The summed E-state index contributed by atoms with van der Waals surface area (Å²) in [6, 6.07) is 9.78. The number of rotatable bonds is 4. The van der Waals surface area contributed by atoms with Crippen molar-refractivity contribution in [1.82, 2.24) is 0 Å². The Bertz CT molecular complexity index is 732. The maximum atomic E-state index is 11.1. The Morgan fingerprint density at radius 2 is 1.76 bits per heavy atom. The largest absolute Gasteiger partial charge is 0.478 e. The molecule has 0 aliphatic carbocycles. The summed E-state index contributed by atoms with van der Waals surface area (Å²) in [6.07, 6.45) is 0. The molecule has 108 valence electrons. The van der Waals surface area contributed by atoms with Gasteiger partial charge in [-0.3, -0.25) is 4.79 Å². The molecule has 4 N–H and O–H groups in total. The molecule has 0 atom stereocenters. The average molecular weight is 414 g/mol. The molecule has 0 bridgehead atoms. The third kappa shape index (κ3) is 3.62. The van der Waals surface area contributed by atoms with E-state index < -0.39 is 11.9 Å². The summed E-state index contributed by atoms with van der Waals surface area (Å²) in [4.78, 5) is 22.2. The zero-order chi connectivity index (χ0) is 15.6. The second-order valence-electron chi connectivity index (χ2n) is 4.18. The molecular formula is C14H10Br2N2O3. The number of carboxylic acid groups (broad SMARTS) is 1. The lowest BCUT2D eigenvalue weighted by Gasteiger charge is -2.11. The van der Waals surface area contributed by atoms with Crippen molar-refractivity contribution in [2.24, 2.45) is 5.73 Å². The average Bonchev–Trinajstić information content (AvgIpc) is 2.42. The minimum atomic E-state index is -1.02. The lowest BCUT2D eigenvalue weighted by Crippen LogP contribution is -2.10. The number of benzene rings is 2. The molecule has 5 nitrogen and oxygen atoms in total. The number of nitrogens with one attached hydrogen (secondary N) is 1. The van der Waals surface area contributed by atoms with Gasteiger partial charge in [-0.1, -0.05) is 0 Å². The number of halogens is 2. The Hall–Kier alpha value is -1.86. The van der Waals surface area contributed by atoms with E-state index in [0.717, 1.165) is 0 Å². The number of hydrogen-bond acceptors (Lipinski definition) is 3. The molecule has 0 aromatic heterocycles. The van der Waals surface area contributed by atoms with Crippen molar-refractivity contribution in [2.75, 3.05) is 5.32 Å². The third-order valence-corrected chi connectivity index (χ3v) is 4.08. The van der Waals surface area contributed by atoms with E-state index in [1.807, 2.05) is 0 Å². The van der Waals surface area contributed by atoms with Crippen molar-refractivity contribution in [3.8, 4) is 0 Å². The number of hydrogen-bond donors (Lipinski definition) is 3. The normalized spacial score (nSPS) is 10.2. The van der Waals surface area contributed by atoms with Crippen molar-refractivity contribution in [2.45, 2.75) is 0 Å². The summed E-state index contributed by atoms with van der Waals surface area (Å²) >= 11 is 6.53. The van der Waals surface area contributed by atoms with Crippen LogP contribution < -0.4 is 11.1 Å². The van der Waals surface area contributed by atoms with Gasteiger partial charge in [0.1, 0.15) is 0 Å². The highest BCUT2D eigenvalue weighted by Crippen LogP contribution is 2.29. The van der Waals surface area contributed by atoms with Gasteiger partial charge in [-0.25, -0.2) is 4.79 Å². The van der Waals surface area contributed by atoms with Crippen LogP contribution in [-0.4, -0.2) is 17.0 Å². The maximum Gasteiger partial charge on any atom is 0.336 e. The molecule has 7 heteroatoms. The van der Waals surface area contributed by atoms with Crippen molar-refractivity contribution in [3.05, 3.63) is 56.5 Å². The first kappa shape index (κ1) is 15.5. The molecule has 2 aromatic rings. The molecule has 0 radical (unpaired) electrons. The highest BCUT2D eigenvalue weighted by atomic mass is 79.9. The van der Waals surface area contributed by atoms with Crippen LogP contribution in [0.3, 0.4) is 0 Å². The van der Waals surface area contributed by atoms with Crippen molar-refractivity contribution in [1.29, 1.82) is 0 Å².